The van der Waals surface area contributed by atoms with Gasteiger partial charge in [0.05, 0.1) is 6.61 Å². The number of nitrogens with one attached hydrogen (secondary N) is 1. The number of likely N-dealkylation sites (tertiary alicyclic amines) is 1. The third-order valence-corrected chi connectivity index (χ3v) is 3.98. The van der Waals surface area contributed by atoms with Crippen LogP contribution in [-0.2, 0) is 4.74 Å². The van der Waals surface area contributed by atoms with Crippen LogP contribution in [-0.4, -0.2) is 54.4 Å². The molecule has 0 aliphatic carbocycles. The van der Waals surface area contributed by atoms with Crippen molar-refractivity contribution in [1.82, 2.24) is 15.1 Å². The number of anilines is 1. The maximum Gasteiger partial charge on any atom is 0.284 e. The number of hydrogen-bond donors (Lipinski definition) is 1. The Morgan fingerprint density at radius 3 is 3.16 bits per heavy atom. The first-order chi connectivity index (χ1) is 9.24. The highest BCUT2D eigenvalue weighted by molar-refractivity contribution is 7.17. The summed E-state index contributed by atoms with van der Waals surface area (Å²) in [5.41, 5.74) is 0. The van der Waals surface area contributed by atoms with Crippen LogP contribution in [0.5, 0.6) is 0 Å². The van der Waals surface area contributed by atoms with Gasteiger partial charge in [-0.15, -0.1) is 10.2 Å². The zero-order valence-corrected chi connectivity index (χ0v) is 12.2. The van der Waals surface area contributed by atoms with Crippen LogP contribution < -0.4 is 5.32 Å². The maximum absolute atomic E-state index is 12.2. The van der Waals surface area contributed by atoms with Crippen molar-refractivity contribution < 1.29 is 9.53 Å². The molecule has 0 aromatic carbocycles. The van der Waals surface area contributed by atoms with Crippen molar-refractivity contribution in [3.05, 3.63) is 5.01 Å². The third-order valence-electron chi connectivity index (χ3n) is 3.11. The van der Waals surface area contributed by atoms with Gasteiger partial charge in [-0.2, -0.15) is 0 Å². The summed E-state index contributed by atoms with van der Waals surface area (Å²) in [5.74, 6) is 0.431. The molecule has 0 spiro atoms. The molecule has 1 atom stereocenters. The second-order valence-electron chi connectivity index (χ2n) is 4.70. The SMILES string of the molecule is CCCNc1nnc(C(=O)N2CCC(COC)C2)s1. The van der Waals surface area contributed by atoms with Crippen LogP contribution in [0, 0.1) is 5.92 Å². The van der Waals surface area contributed by atoms with Gasteiger partial charge in [0.2, 0.25) is 10.1 Å². The molecule has 6 nitrogen and oxygen atoms in total. The lowest BCUT2D eigenvalue weighted by atomic mass is 10.1. The summed E-state index contributed by atoms with van der Waals surface area (Å²) < 4.78 is 5.13. The largest absolute Gasteiger partial charge is 0.384 e. The van der Waals surface area contributed by atoms with Crippen molar-refractivity contribution in [1.29, 1.82) is 0 Å². The van der Waals surface area contributed by atoms with E-state index < -0.39 is 0 Å². The van der Waals surface area contributed by atoms with Crippen molar-refractivity contribution in [3.8, 4) is 0 Å². The quantitative estimate of drug-likeness (QED) is 0.857. The molecule has 19 heavy (non-hydrogen) atoms. The van der Waals surface area contributed by atoms with Crippen molar-refractivity contribution in [2.75, 3.05) is 38.7 Å². The van der Waals surface area contributed by atoms with Gasteiger partial charge in [-0.3, -0.25) is 4.79 Å². The number of hydrogen-bond acceptors (Lipinski definition) is 6. The second kappa shape index (κ2) is 6.81. The number of carbonyl (C=O) groups excluding carboxylic acids is 1. The average molecular weight is 284 g/mol. The number of carbonyl (C=O) groups is 1. The fourth-order valence-corrected chi connectivity index (χ4v) is 2.87. The van der Waals surface area contributed by atoms with Crippen molar-refractivity contribution in [2.24, 2.45) is 5.92 Å². The van der Waals surface area contributed by atoms with E-state index in [1.807, 2.05) is 4.90 Å². The predicted molar refractivity (Wildman–Crippen MR) is 74.6 cm³/mol. The number of rotatable bonds is 6. The molecule has 1 aliphatic heterocycles. The molecular weight excluding hydrogens is 264 g/mol. The van der Waals surface area contributed by atoms with Crippen LogP contribution in [0.15, 0.2) is 0 Å². The lowest BCUT2D eigenvalue weighted by molar-refractivity contribution is 0.0774. The molecule has 7 heteroatoms. The minimum Gasteiger partial charge on any atom is -0.384 e. The van der Waals surface area contributed by atoms with E-state index in [0.717, 1.165) is 37.6 Å². The average Bonchev–Trinajstić information content (AvgIpc) is 3.05. The molecule has 1 aliphatic rings. The van der Waals surface area contributed by atoms with E-state index in [-0.39, 0.29) is 5.91 Å². The van der Waals surface area contributed by atoms with E-state index in [9.17, 15) is 4.79 Å². The highest BCUT2D eigenvalue weighted by Gasteiger charge is 2.28. The molecule has 1 saturated heterocycles. The summed E-state index contributed by atoms with van der Waals surface area (Å²) in [5, 5.41) is 12.3. The Hall–Kier alpha value is -1.21. The van der Waals surface area contributed by atoms with Crippen LogP contribution in [0.4, 0.5) is 5.13 Å². The van der Waals surface area contributed by atoms with Gasteiger partial charge >= 0.3 is 0 Å². The van der Waals surface area contributed by atoms with Gasteiger partial charge in [-0.1, -0.05) is 18.3 Å². The van der Waals surface area contributed by atoms with Crippen LogP contribution >= 0.6 is 11.3 Å². The zero-order chi connectivity index (χ0) is 13.7. The Labute approximate surface area is 117 Å². The molecule has 1 N–H and O–H groups in total. The van der Waals surface area contributed by atoms with Gasteiger partial charge in [-0.05, 0) is 12.8 Å². The monoisotopic (exact) mass is 284 g/mol. The normalized spacial score (nSPS) is 18.8. The van der Waals surface area contributed by atoms with Gasteiger partial charge in [0.15, 0.2) is 0 Å². The number of methoxy groups -OCH3 is 1. The van der Waals surface area contributed by atoms with Crippen molar-refractivity contribution in [2.45, 2.75) is 19.8 Å². The maximum atomic E-state index is 12.2. The summed E-state index contributed by atoms with van der Waals surface area (Å²) in [6.45, 7) is 5.18. The first-order valence-electron chi connectivity index (χ1n) is 6.60. The Morgan fingerprint density at radius 1 is 1.58 bits per heavy atom. The Balaban J connectivity index is 1.91. The molecule has 106 valence electrons. The highest BCUT2D eigenvalue weighted by Crippen LogP contribution is 2.22. The minimum absolute atomic E-state index is 0.0133. The standard InChI is InChI=1S/C12H20N4O2S/c1-3-5-13-12-15-14-10(19-12)11(17)16-6-4-9(7-16)8-18-2/h9H,3-8H2,1-2H3,(H,13,15). The summed E-state index contributed by atoms with van der Waals surface area (Å²) in [7, 11) is 1.70. The predicted octanol–water partition coefficient (Wildman–Crippen LogP) is 1.47. The van der Waals surface area contributed by atoms with E-state index in [4.69, 9.17) is 4.74 Å². The highest BCUT2D eigenvalue weighted by atomic mass is 32.1. The smallest absolute Gasteiger partial charge is 0.284 e. The van der Waals surface area contributed by atoms with E-state index in [0.29, 0.717) is 17.5 Å². The van der Waals surface area contributed by atoms with Gasteiger partial charge in [0.1, 0.15) is 0 Å². The fraction of sp³-hybridized carbons (Fsp3) is 0.750. The van der Waals surface area contributed by atoms with Gasteiger partial charge in [-0.25, -0.2) is 0 Å². The van der Waals surface area contributed by atoms with E-state index in [2.05, 4.69) is 22.4 Å². The molecular formula is C12H20N4O2S. The van der Waals surface area contributed by atoms with E-state index in [1.54, 1.807) is 7.11 Å². The zero-order valence-electron chi connectivity index (χ0n) is 11.4. The Bertz CT molecular complexity index is 424. The fourth-order valence-electron chi connectivity index (χ4n) is 2.14. The van der Waals surface area contributed by atoms with Crippen LogP contribution in [0.25, 0.3) is 0 Å². The van der Waals surface area contributed by atoms with Crippen LogP contribution in [0.2, 0.25) is 0 Å². The van der Waals surface area contributed by atoms with Crippen LogP contribution in [0.3, 0.4) is 0 Å². The lowest BCUT2D eigenvalue weighted by Gasteiger charge is -2.14. The van der Waals surface area contributed by atoms with Crippen LogP contribution in [0.1, 0.15) is 29.6 Å². The topological polar surface area (TPSA) is 67.4 Å². The minimum atomic E-state index is -0.0133. The molecule has 1 aromatic heterocycles. The third kappa shape index (κ3) is 3.63. The summed E-state index contributed by atoms with van der Waals surface area (Å²) in [6.07, 6.45) is 2.02. The Morgan fingerprint density at radius 2 is 2.42 bits per heavy atom. The number of nitrogens with zero attached hydrogens (tertiary/aromatic N) is 3. The molecule has 0 radical (unpaired) electrons. The first-order valence-corrected chi connectivity index (χ1v) is 7.41. The molecule has 0 bridgehead atoms. The molecule has 1 fully saturated rings. The number of amides is 1. The van der Waals surface area contributed by atoms with Crippen molar-refractivity contribution in [3.63, 3.8) is 0 Å². The van der Waals surface area contributed by atoms with Gasteiger partial charge in [0, 0.05) is 32.7 Å². The first kappa shape index (κ1) is 14.2. The van der Waals surface area contributed by atoms with Gasteiger partial charge < -0.3 is 15.0 Å². The number of aromatic nitrogens is 2. The van der Waals surface area contributed by atoms with Crippen molar-refractivity contribution >= 4 is 22.4 Å². The van der Waals surface area contributed by atoms with E-state index in [1.165, 1.54) is 11.3 Å². The summed E-state index contributed by atoms with van der Waals surface area (Å²) >= 11 is 1.33. The Kier molecular flexibility index (Phi) is 5.09. The molecule has 2 heterocycles. The second-order valence-corrected chi connectivity index (χ2v) is 5.68. The lowest BCUT2D eigenvalue weighted by Crippen LogP contribution is -2.29. The van der Waals surface area contributed by atoms with E-state index >= 15 is 0 Å². The molecule has 1 amide bonds. The van der Waals surface area contributed by atoms with Gasteiger partial charge in [0.25, 0.3) is 5.91 Å². The number of ether oxygens (including phenoxy) is 1. The summed E-state index contributed by atoms with van der Waals surface area (Å²) in [4.78, 5) is 14.1. The molecule has 1 unspecified atom stereocenters. The molecule has 1 aromatic rings. The molecule has 2 rings (SSSR count). The summed E-state index contributed by atoms with van der Waals surface area (Å²) in [6, 6.07) is 0. The molecule has 0 saturated carbocycles.